The van der Waals surface area contributed by atoms with Gasteiger partial charge < -0.3 is 19.3 Å². The summed E-state index contributed by atoms with van der Waals surface area (Å²) in [6, 6.07) is 19.0. The third-order valence-electron chi connectivity index (χ3n) is 6.03. The van der Waals surface area contributed by atoms with E-state index in [9.17, 15) is 0 Å². The van der Waals surface area contributed by atoms with E-state index in [1.807, 2.05) is 12.1 Å². The van der Waals surface area contributed by atoms with Crippen molar-refractivity contribution >= 4 is 27.4 Å². The van der Waals surface area contributed by atoms with Gasteiger partial charge in [0.05, 0.1) is 31.6 Å². The van der Waals surface area contributed by atoms with Crippen molar-refractivity contribution in [2.75, 3.05) is 37.9 Å². The Hall–Kier alpha value is -3.16. The lowest BCUT2D eigenvalue weighted by Gasteiger charge is -2.33. The van der Waals surface area contributed by atoms with Crippen molar-refractivity contribution in [3.63, 3.8) is 0 Å². The van der Waals surface area contributed by atoms with E-state index in [2.05, 4.69) is 57.3 Å². The third kappa shape index (κ3) is 3.60. The zero-order chi connectivity index (χ0) is 20.6. The highest BCUT2D eigenvalue weighted by Gasteiger charge is 2.24. The lowest BCUT2D eigenvalue weighted by Crippen LogP contribution is -3.13. The van der Waals surface area contributed by atoms with Gasteiger partial charge in [-0.05, 0) is 29.8 Å². The van der Waals surface area contributed by atoms with Crippen LogP contribution in [0.5, 0.6) is 11.5 Å². The highest BCUT2D eigenvalue weighted by atomic mass is 32.1. The van der Waals surface area contributed by atoms with Gasteiger partial charge in [-0.3, -0.25) is 0 Å². The van der Waals surface area contributed by atoms with Gasteiger partial charge in [0.25, 0.3) is 0 Å². The lowest BCUT2D eigenvalue weighted by atomic mass is 10.1. The number of ether oxygens (including phenoxy) is 2. The van der Waals surface area contributed by atoms with Crippen LogP contribution >= 0.6 is 11.3 Å². The third-order valence-corrected chi connectivity index (χ3v) is 7.12. The van der Waals surface area contributed by atoms with E-state index < -0.39 is 0 Å². The summed E-state index contributed by atoms with van der Waals surface area (Å²) < 4.78 is 10.9. The van der Waals surface area contributed by atoms with E-state index in [1.165, 1.54) is 16.0 Å². The molecule has 1 saturated heterocycles. The molecule has 2 aliphatic heterocycles. The van der Waals surface area contributed by atoms with Gasteiger partial charge in [-0.2, -0.15) is 0 Å². The van der Waals surface area contributed by atoms with E-state index in [4.69, 9.17) is 9.47 Å². The number of hydrogen-bond acceptors (Lipinski definition) is 6. The van der Waals surface area contributed by atoms with Crippen molar-refractivity contribution in [3.05, 3.63) is 66.5 Å². The summed E-state index contributed by atoms with van der Waals surface area (Å²) in [6.07, 6.45) is 1.70. The Kier molecular flexibility index (Phi) is 4.70. The monoisotopic (exact) mass is 431 g/mol. The maximum Gasteiger partial charge on any atom is 0.231 e. The first-order valence-corrected chi connectivity index (χ1v) is 11.4. The molecule has 0 unspecified atom stereocenters. The number of thiophene rings is 1. The van der Waals surface area contributed by atoms with Crippen LogP contribution in [-0.4, -0.2) is 42.9 Å². The average Bonchev–Trinajstić information content (AvgIpc) is 3.47. The Morgan fingerprint density at radius 3 is 2.65 bits per heavy atom. The van der Waals surface area contributed by atoms with E-state index in [0.717, 1.165) is 60.3 Å². The Labute approximate surface area is 184 Å². The van der Waals surface area contributed by atoms with Crippen LogP contribution in [0.3, 0.4) is 0 Å². The molecule has 2 aromatic heterocycles. The van der Waals surface area contributed by atoms with Crippen molar-refractivity contribution in [2.45, 2.75) is 6.54 Å². The first-order valence-electron chi connectivity index (χ1n) is 10.6. The molecule has 0 spiro atoms. The number of piperazine rings is 1. The molecule has 6 rings (SSSR count). The zero-order valence-corrected chi connectivity index (χ0v) is 17.9. The van der Waals surface area contributed by atoms with Crippen LogP contribution < -0.4 is 19.3 Å². The summed E-state index contributed by atoms with van der Waals surface area (Å²) >= 11 is 1.74. The summed E-state index contributed by atoms with van der Waals surface area (Å²) in [6.45, 7) is 5.46. The Balaban J connectivity index is 1.18. The quantitative estimate of drug-likeness (QED) is 0.538. The van der Waals surface area contributed by atoms with E-state index in [0.29, 0.717) is 6.79 Å². The summed E-state index contributed by atoms with van der Waals surface area (Å²) in [5, 5.41) is 1.16. The smallest absolute Gasteiger partial charge is 0.231 e. The van der Waals surface area contributed by atoms with Crippen LogP contribution in [0.25, 0.3) is 20.7 Å². The van der Waals surface area contributed by atoms with Gasteiger partial charge in [0.2, 0.25) is 6.79 Å². The minimum absolute atomic E-state index is 0.326. The van der Waals surface area contributed by atoms with Crippen LogP contribution in [-0.2, 0) is 6.54 Å². The van der Waals surface area contributed by atoms with E-state index >= 15 is 0 Å². The molecule has 2 aromatic carbocycles. The van der Waals surface area contributed by atoms with E-state index in [1.54, 1.807) is 22.6 Å². The molecule has 1 fully saturated rings. The Morgan fingerprint density at radius 2 is 1.77 bits per heavy atom. The molecule has 1 N–H and O–H groups in total. The average molecular weight is 432 g/mol. The minimum atomic E-state index is 0.326. The first kappa shape index (κ1) is 18.6. The van der Waals surface area contributed by atoms with Crippen molar-refractivity contribution < 1.29 is 14.4 Å². The molecule has 0 aliphatic carbocycles. The number of fused-ring (bicyclic) bond motifs is 2. The molecule has 31 heavy (non-hydrogen) atoms. The molecule has 0 bridgehead atoms. The molecular formula is C24H23N4O2S+. The molecule has 4 heterocycles. The van der Waals surface area contributed by atoms with Gasteiger partial charge in [-0.25, -0.2) is 9.97 Å². The summed E-state index contributed by atoms with van der Waals surface area (Å²) in [4.78, 5) is 15.5. The largest absolute Gasteiger partial charge is 0.454 e. The lowest BCUT2D eigenvalue weighted by molar-refractivity contribution is -0.914. The normalized spacial score (nSPS) is 16.2. The molecule has 0 radical (unpaired) electrons. The Morgan fingerprint density at radius 1 is 0.935 bits per heavy atom. The van der Waals surface area contributed by atoms with Crippen LogP contribution in [0, 0.1) is 0 Å². The van der Waals surface area contributed by atoms with E-state index in [-0.39, 0.29) is 0 Å². The maximum absolute atomic E-state index is 5.53. The van der Waals surface area contributed by atoms with Crippen molar-refractivity contribution in [2.24, 2.45) is 0 Å². The molecule has 4 aromatic rings. The second-order valence-electron chi connectivity index (χ2n) is 7.99. The second kappa shape index (κ2) is 7.83. The van der Waals surface area contributed by atoms with Gasteiger partial charge >= 0.3 is 0 Å². The molecule has 7 heteroatoms. The zero-order valence-electron chi connectivity index (χ0n) is 17.1. The Bertz CT molecular complexity index is 1220. The second-order valence-corrected chi connectivity index (χ2v) is 9.02. The number of nitrogens with zero attached hydrogens (tertiary/aromatic N) is 3. The highest BCUT2D eigenvalue weighted by molar-refractivity contribution is 7.21. The van der Waals surface area contributed by atoms with Gasteiger partial charge in [-0.1, -0.05) is 30.3 Å². The number of hydrogen-bond donors (Lipinski definition) is 1. The highest BCUT2D eigenvalue weighted by Crippen LogP contribution is 2.36. The van der Waals surface area contributed by atoms with Crippen molar-refractivity contribution in [1.29, 1.82) is 0 Å². The number of nitrogens with one attached hydrogen (secondary N) is 1. The summed E-state index contributed by atoms with van der Waals surface area (Å²) in [5.41, 5.74) is 2.52. The fourth-order valence-electron chi connectivity index (χ4n) is 4.39. The molecular weight excluding hydrogens is 408 g/mol. The number of rotatable bonds is 4. The summed E-state index contributed by atoms with van der Waals surface area (Å²) in [7, 11) is 0. The fraction of sp³-hybridized carbons (Fsp3) is 0.250. The topological polar surface area (TPSA) is 51.9 Å². The number of anilines is 1. The standard InChI is InChI=1S/C24H22N4O2S/c1-2-4-18(5-3-1)22-13-19-23(25-15-26-24(19)31-22)28-10-8-27(9-11-28)14-17-6-7-20-21(12-17)30-16-29-20/h1-7,12-13,15H,8-11,14,16H2/p+1. The molecule has 0 amide bonds. The maximum atomic E-state index is 5.53. The molecule has 0 atom stereocenters. The predicted octanol–water partition coefficient (Wildman–Crippen LogP) is 2.99. The molecule has 6 nitrogen and oxygen atoms in total. The minimum Gasteiger partial charge on any atom is -0.454 e. The van der Waals surface area contributed by atoms with Crippen LogP contribution in [0.2, 0.25) is 0 Å². The van der Waals surface area contributed by atoms with Crippen LogP contribution in [0.1, 0.15) is 5.56 Å². The number of aromatic nitrogens is 2. The molecule has 156 valence electrons. The fourth-order valence-corrected chi connectivity index (χ4v) is 5.39. The number of quaternary nitrogens is 1. The summed E-state index contributed by atoms with van der Waals surface area (Å²) in [5.74, 6) is 2.78. The SMILES string of the molecule is c1ccc(-c2cc3c(N4CC[NH+](Cc5ccc6c(c5)OCO6)CC4)ncnc3s2)cc1. The van der Waals surface area contributed by atoms with Gasteiger partial charge in [-0.15, -0.1) is 11.3 Å². The molecule has 0 saturated carbocycles. The van der Waals surface area contributed by atoms with Crippen molar-refractivity contribution in [1.82, 2.24) is 9.97 Å². The van der Waals surface area contributed by atoms with Gasteiger partial charge in [0.15, 0.2) is 11.5 Å². The van der Waals surface area contributed by atoms with Crippen LogP contribution in [0.4, 0.5) is 5.82 Å². The van der Waals surface area contributed by atoms with Crippen molar-refractivity contribution in [3.8, 4) is 21.9 Å². The number of benzene rings is 2. The first-order chi connectivity index (χ1) is 15.3. The van der Waals surface area contributed by atoms with Gasteiger partial charge in [0, 0.05) is 10.4 Å². The van der Waals surface area contributed by atoms with Crippen LogP contribution in [0.15, 0.2) is 60.9 Å². The van der Waals surface area contributed by atoms with Gasteiger partial charge in [0.1, 0.15) is 23.5 Å². The molecule has 2 aliphatic rings. The predicted molar refractivity (Wildman–Crippen MR) is 122 cm³/mol.